The summed E-state index contributed by atoms with van der Waals surface area (Å²) in [7, 11) is 2.25. The number of hydrogen-bond donors (Lipinski definition) is 1. The van der Waals surface area contributed by atoms with Crippen molar-refractivity contribution in [1.29, 1.82) is 0 Å². The minimum atomic E-state index is 0.819. The lowest BCUT2D eigenvalue weighted by atomic mass is 9.87. The maximum Gasteiger partial charge on any atom is 0.101 e. The fourth-order valence-electron chi connectivity index (χ4n) is 3.73. The topological polar surface area (TPSA) is 15.3 Å². The van der Waals surface area contributed by atoms with Crippen LogP contribution in [0.4, 0.5) is 0 Å². The molecule has 1 aromatic rings. The molecular formula is C17H27BN2. The van der Waals surface area contributed by atoms with Crippen LogP contribution in [0, 0.1) is 12.8 Å². The van der Waals surface area contributed by atoms with Gasteiger partial charge in [0.25, 0.3) is 0 Å². The molecule has 108 valence electrons. The van der Waals surface area contributed by atoms with Gasteiger partial charge in [-0.1, -0.05) is 24.5 Å². The highest BCUT2D eigenvalue weighted by molar-refractivity contribution is 6.08. The molecule has 1 unspecified atom stereocenters. The molecule has 2 heterocycles. The summed E-state index contributed by atoms with van der Waals surface area (Å²) in [4.78, 5) is 2.67. The molecule has 1 N–H and O–H groups in total. The number of hydrogen-bond acceptors (Lipinski definition) is 2. The van der Waals surface area contributed by atoms with Gasteiger partial charge >= 0.3 is 0 Å². The van der Waals surface area contributed by atoms with E-state index in [-0.39, 0.29) is 0 Å². The van der Waals surface area contributed by atoms with Crippen LogP contribution < -0.4 is 5.32 Å². The summed E-state index contributed by atoms with van der Waals surface area (Å²) in [5, 5.41) is 3.47. The molecule has 0 bridgehead atoms. The molecule has 3 heteroatoms. The van der Waals surface area contributed by atoms with Crippen molar-refractivity contribution in [3.8, 4) is 0 Å². The normalized spacial score (nSPS) is 23.9. The minimum absolute atomic E-state index is 0.819. The van der Waals surface area contributed by atoms with Gasteiger partial charge in [0.15, 0.2) is 0 Å². The van der Waals surface area contributed by atoms with Gasteiger partial charge in [-0.25, -0.2) is 0 Å². The number of benzene rings is 1. The average Bonchev–Trinajstić information content (AvgIpc) is 2.89. The Labute approximate surface area is 124 Å². The Hall–Kier alpha value is -0.795. The highest BCUT2D eigenvalue weighted by Crippen LogP contribution is 2.26. The van der Waals surface area contributed by atoms with Gasteiger partial charge in [0, 0.05) is 25.7 Å². The van der Waals surface area contributed by atoms with E-state index in [4.69, 9.17) is 0 Å². The van der Waals surface area contributed by atoms with Crippen LogP contribution in [-0.2, 0) is 12.8 Å². The van der Waals surface area contributed by atoms with E-state index in [1.54, 1.807) is 5.56 Å². The highest BCUT2D eigenvalue weighted by Gasteiger charge is 2.33. The van der Waals surface area contributed by atoms with Crippen molar-refractivity contribution < 1.29 is 0 Å². The first kappa shape index (κ1) is 14.2. The number of nitrogens with one attached hydrogen (secondary N) is 1. The van der Waals surface area contributed by atoms with Gasteiger partial charge in [-0.2, -0.15) is 0 Å². The predicted octanol–water partition coefficient (Wildman–Crippen LogP) is 1.43. The summed E-state index contributed by atoms with van der Waals surface area (Å²) in [5.74, 6) is 0.881. The zero-order valence-electron chi connectivity index (χ0n) is 13.0. The lowest BCUT2D eigenvalue weighted by molar-refractivity contribution is 0.0608. The SMILES string of the molecule is BCCc1ccc(CC2CN(C3CCNC3)C2)c(C)c1. The Morgan fingerprint density at radius 1 is 1.35 bits per heavy atom. The summed E-state index contributed by atoms with van der Waals surface area (Å²) in [6, 6.07) is 7.93. The Morgan fingerprint density at radius 2 is 2.20 bits per heavy atom. The third-order valence-corrected chi connectivity index (χ3v) is 4.99. The lowest BCUT2D eigenvalue weighted by Crippen LogP contribution is -2.53. The van der Waals surface area contributed by atoms with Crippen molar-refractivity contribution in [3.63, 3.8) is 0 Å². The maximum atomic E-state index is 3.47. The molecular weight excluding hydrogens is 243 g/mol. The lowest BCUT2D eigenvalue weighted by Gasteiger charge is -2.43. The molecule has 2 nitrogen and oxygen atoms in total. The molecule has 3 rings (SSSR count). The van der Waals surface area contributed by atoms with E-state index in [9.17, 15) is 0 Å². The second-order valence-electron chi connectivity index (χ2n) is 6.68. The van der Waals surface area contributed by atoms with Crippen molar-refractivity contribution in [3.05, 3.63) is 34.9 Å². The summed E-state index contributed by atoms with van der Waals surface area (Å²) in [6.07, 6.45) is 5.07. The number of likely N-dealkylation sites (tertiary alicyclic amines) is 1. The molecule has 0 radical (unpaired) electrons. The summed E-state index contributed by atoms with van der Waals surface area (Å²) in [5.41, 5.74) is 4.57. The van der Waals surface area contributed by atoms with Gasteiger partial charge in [-0.3, -0.25) is 4.90 Å². The van der Waals surface area contributed by atoms with Crippen LogP contribution in [-0.4, -0.2) is 45.0 Å². The van der Waals surface area contributed by atoms with Gasteiger partial charge in [0.05, 0.1) is 0 Å². The molecule has 2 fully saturated rings. The zero-order valence-corrected chi connectivity index (χ0v) is 13.0. The van der Waals surface area contributed by atoms with E-state index in [1.807, 2.05) is 0 Å². The Kier molecular flexibility index (Phi) is 4.47. The molecule has 1 atom stereocenters. The third kappa shape index (κ3) is 3.10. The first-order chi connectivity index (χ1) is 9.76. The van der Waals surface area contributed by atoms with Crippen LogP contribution in [0.15, 0.2) is 18.2 Å². The Balaban J connectivity index is 1.51. The van der Waals surface area contributed by atoms with Gasteiger partial charge < -0.3 is 5.32 Å². The number of nitrogens with zero attached hydrogens (tertiary/aromatic N) is 1. The Morgan fingerprint density at radius 3 is 2.85 bits per heavy atom. The fraction of sp³-hybridized carbons (Fsp3) is 0.647. The van der Waals surface area contributed by atoms with Crippen molar-refractivity contribution in [2.45, 2.75) is 38.5 Å². The summed E-state index contributed by atoms with van der Waals surface area (Å²) >= 11 is 0. The van der Waals surface area contributed by atoms with E-state index in [1.165, 1.54) is 62.9 Å². The molecule has 0 amide bonds. The molecule has 0 saturated carbocycles. The molecule has 0 aliphatic carbocycles. The van der Waals surface area contributed by atoms with E-state index in [2.05, 4.69) is 43.2 Å². The maximum absolute atomic E-state index is 3.47. The number of rotatable bonds is 5. The Bertz CT molecular complexity index is 448. The largest absolute Gasteiger partial charge is 0.315 e. The van der Waals surface area contributed by atoms with Gasteiger partial charge in [-0.05, 0) is 55.3 Å². The van der Waals surface area contributed by atoms with Crippen LogP contribution in [0.1, 0.15) is 23.1 Å². The van der Waals surface area contributed by atoms with Gasteiger partial charge in [-0.15, -0.1) is 0 Å². The van der Waals surface area contributed by atoms with E-state index in [0.29, 0.717) is 0 Å². The molecule has 0 spiro atoms. The molecule has 20 heavy (non-hydrogen) atoms. The summed E-state index contributed by atoms with van der Waals surface area (Å²) in [6.45, 7) is 7.32. The van der Waals surface area contributed by atoms with Crippen LogP contribution in [0.25, 0.3) is 0 Å². The highest BCUT2D eigenvalue weighted by atomic mass is 15.2. The standard InChI is InChI=1S/C17H27BN2/c1-13-8-14(4-6-18)2-3-16(13)9-15-11-20(12-15)17-5-7-19-10-17/h2-3,8,15,17,19H,4-7,9-12,18H2,1H3. The van der Waals surface area contributed by atoms with Crippen molar-refractivity contribution in [1.82, 2.24) is 10.2 Å². The molecule has 2 aliphatic heterocycles. The molecule has 2 saturated heterocycles. The zero-order chi connectivity index (χ0) is 13.9. The summed E-state index contributed by atoms with van der Waals surface area (Å²) < 4.78 is 0. The quantitative estimate of drug-likeness (QED) is 0.814. The second-order valence-corrected chi connectivity index (χ2v) is 6.68. The van der Waals surface area contributed by atoms with E-state index in [0.717, 1.165) is 12.0 Å². The minimum Gasteiger partial charge on any atom is -0.315 e. The smallest absolute Gasteiger partial charge is 0.101 e. The van der Waals surface area contributed by atoms with Crippen LogP contribution in [0.5, 0.6) is 0 Å². The van der Waals surface area contributed by atoms with Crippen molar-refractivity contribution in [2.75, 3.05) is 26.2 Å². The van der Waals surface area contributed by atoms with Crippen LogP contribution in [0.3, 0.4) is 0 Å². The molecule has 0 aromatic heterocycles. The third-order valence-electron chi connectivity index (χ3n) is 4.99. The predicted molar refractivity (Wildman–Crippen MR) is 88.3 cm³/mol. The molecule has 2 aliphatic rings. The van der Waals surface area contributed by atoms with Crippen molar-refractivity contribution >= 4 is 7.85 Å². The van der Waals surface area contributed by atoms with Gasteiger partial charge in [0.2, 0.25) is 0 Å². The first-order valence-electron chi connectivity index (χ1n) is 8.29. The average molecular weight is 270 g/mol. The van der Waals surface area contributed by atoms with Crippen LogP contribution >= 0.6 is 0 Å². The van der Waals surface area contributed by atoms with Crippen molar-refractivity contribution in [2.24, 2.45) is 5.92 Å². The van der Waals surface area contributed by atoms with E-state index >= 15 is 0 Å². The van der Waals surface area contributed by atoms with E-state index < -0.39 is 0 Å². The fourth-order valence-corrected chi connectivity index (χ4v) is 3.73. The van der Waals surface area contributed by atoms with Gasteiger partial charge in [0.1, 0.15) is 7.85 Å². The monoisotopic (exact) mass is 270 g/mol. The number of aryl methyl sites for hydroxylation is 2. The first-order valence-corrected chi connectivity index (χ1v) is 8.29. The second kappa shape index (κ2) is 6.32. The van der Waals surface area contributed by atoms with Crippen LogP contribution in [0.2, 0.25) is 6.32 Å². The molecule has 1 aromatic carbocycles.